The number of rotatable bonds is 4. The lowest BCUT2D eigenvalue weighted by atomic mass is 9.79. The smallest absolute Gasteiger partial charge is 0.358 e. The molecule has 1 atom stereocenters. The third kappa shape index (κ3) is 3.15. The minimum absolute atomic E-state index is 0.0359. The monoisotopic (exact) mass is 280 g/mol. The Kier molecular flexibility index (Phi) is 4.06. The second kappa shape index (κ2) is 5.60. The molecule has 1 saturated heterocycles. The minimum atomic E-state index is -1.14. The van der Waals surface area contributed by atoms with Crippen LogP contribution in [0.3, 0.4) is 0 Å². The highest BCUT2D eigenvalue weighted by molar-refractivity contribution is 5.84. The highest BCUT2D eigenvalue weighted by Gasteiger charge is 2.31. The maximum absolute atomic E-state index is 12.2. The standard InChI is InChI=1S/C13H20N4O3/c1-3-13(2)5-4-6-16(9-13)11(18)8-17-7-10(12(19)20)14-15-17/h7H,3-6,8-9H2,1-2H3,(H,19,20). The number of hydrogen-bond donors (Lipinski definition) is 1. The summed E-state index contributed by atoms with van der Waals surface area (Å²) in [5.74, 6) is -1.17. The van der Waals surface area contributed by atoms with E-state index in [1.54, 1.807) is 0 Å². The third-order valence-corrected chi connectivity index (χ3v) is 4.04. The van der Waals surface area contributed by atoms with E-state index in [0.717, 1.165) is 32.4 Å². The predicted molar refractivity (Wildman–Crippen MR) is 71.2 cm³/mol. The van der Waals surface area contributed by atoms with Gasteiger partial charge in [0.2, 0.25) is 5.91 Å². The predicted octanol–water partition coefficient (Wildman–Crippen LogP) is 1.01. The average Bonchev–Trinajstić information content (AvgIpc) is 2.87. The summed E-state index contributed by atoms with van der Waals surface area (Å²) >= 11 is 0. The van der Waals surface area contributed by atoms with E-state index < -0.39 is 5.97 Å². The van der Waals surface area contributed by atoms with Gasteiger partial charge in [0.05, 0.1) is 6.20 Å². The Hall–Kier alpha value is -1.92. The Morgan fingerprint density at radius 1 is 1.50 bits per heavy atom. The van der Waals surface area contributed by atoms with Crippen LogP contribution in [0.4, 0.5) is 0 Å². The molecule has 0 saturated carbocycles. The lowest BCUT2D eigenvalue weighted by molar-refractivity contribution is -0.135. The first-order valence-electron chi connectivity index (χ1n) is 6.85. The summed E-state index contributed by atoms with van der Waals surface area (Å²) < 4.78 is 1.28. The van der Waals surface area contributed by atoms with E-state index >= 15 is 0 Å². The summed E-state index contributed by atoms with van der Waals surface area (Å²) in [6.45, 7) is 5.90. The van der Waals surface area contributed by atoms with E-state index in [1.165, 1.54) is 10.9 Å². The molecule has 1 aromatic heterocycles. The third-order valence-electron chi connectivity index (χ3n) is 4.04. The summed E-state index contributed by atoms with van der Waals surface area (Å²) in [4.78, 5) is 24.8. The molecular weight excluding hydrogens is 260 g/mol. The summed E-state index contributed by atoms with van der Waals surface area (Å²) in [7, 11) is 0. The van der Waals surface area contributed by atoms with Crippen molar-refractivity contribution < 1.29 is 14.7 Å². The van der Waals surface area contributed by atoms with Gasteiger partial charge in [-0.3, -0.25) is 4.79 Å². The average molecular weight is 280 g/mol. The summed E-state index contributed by atoms with van der Waals surface area (Å²) in [5.41, 5.74) is 0.0394. The number of aromatic nitrogens is 3. The Labute approximate surface area is 117 Å². The first-order valence-corrected chi connectivity index (χ1v) is 6.85. The van der Waals surface area contributed by atoms with Crippen molar-refractivity contribution in [3.05, 3.63) is 11.9 Å². The Morgan fingerprint density at radius 2 is 2.25 bits per heavy atom. The fraction of sp³-hybridized carbons (Fsp3) is 0.692. The zero-order valence-corrected chi connectivity index (χ0v) is 11.9. The quantitative estimate of drug-likeness (QED) is 0.889. The Morgan fingerprint density at radius 3 is 2.85 bits per heavy atom. The Bertz CT molecular complexity index is 513. The van der Waals surface area contributed by atoms with Gasteiger partial charge in [0.1, 0.15) is 6.54 Å². The highest BCUT2D eigenvalue weighted by Crippen LogP contribution is 2.32. The van der Waals surface area contributed by atoms with Crippen LogP contribution >= 0.6 is 0 Å². The van der Waals surface area contributed by atoms with Gasteiger partial charge >= 0.3 is 5.97 Å². The molecular formula is C13H20N4O3. The molecule has 7 heteroatoms. The number of likely N-dealkylation sites (tertiary alicyclic amines) is 1. The number of carbonyl (C=O) groups excluding carboxylic acids is 1. The molecule has 1 aliphatic heterocycles. The van der Waals surface area contributed by atoms with Crippen molar-refractivity contribution in [1.82, 2.24) is 19.9 Å². The highest BCUT2D eigenvalue weighted by atomic mass is 16.4. The molecule has 1 fully saturated rings. The zero-order valence-electron chi connectivity index (χ0n) is 11.9. The van der Waals surface area contributed by atoms with Gasteiger partial charge in [0.25, 0.3) is 0 Å². The van der Waals surface area contributed by atoms with Crippen molar-refractivity contribution in [2.45, 2.75) is 39.7 Å². The van der Waals surface area contributed by atoms with Crippen molar-refractivity contribution in [3.63, 3.8) is 0 Å². The van der Waals surface area contributed by atoms with Crippen LogP contribution in [0.1, 0.15) is 43.6 Å². The van der Waals surface area contributed by atoms with Gasteiger partial charge in [-0.2, -0.15) is 0 Å². The van der Waals surface area contributed by atoms with Crippen LogP contribution in [0.25, 0.3) is 0 Å². The van der Waals surface area contributed by atoms with Crippen LogP contribution < -0.4 is 0 Å². The number of carboxylic acids is 1. The lowest BCUT2D eigenvalue weighted by Crippen LogP contribution is -2.45. The zero-order chi connectivity index (χ0) is 14.8. The van der Waals surface area contributed by atoms with Crippen LogP contribution in [-0.2, 0) is 11.3 Å². The van der Waals surface area contributed by atoms with Gasteiger partial charge in [0.15, 0.2) is 5.69 Å². The Balaban J connectivity index is 1.98. The molecule has 2 heterocycles. The molecule has 1 amide bonds. The summed E-state index contributed by atoms with van der Waals surface area (Å²) in [6.07, 6.45) is 4.47. The number of carbonyl (C=O) groups is 2. The summed E-state index contributed by atoms with van der Waals surface area (Å²) in [5, 5.41) is 15.9. The van der Waals surface area contributed by atoms with Crippen molar-refractivity contribution in [3.8, 4) is 0 Å². The maximum Gasteiger partial charge on any atom is 0.358 e. The van der Waals surface area contributed by atoms with Crippen LogP contribution in [0.15, 0.2) is 6.20 Å². The van der Waals surface area contributed by atoms with Gasteiger partial charge in [0, 0.05) is 13.1 Å². The topological polar surface area (TPSA) is 88.3 Å². The molecule has 0 aromatic carbocycles. The van der Waals surface area contributed by atoms with Crippen molar-refractivity contribution >= 4 is 11.9 Å². The minimum Gasteiger partial charge on any atom is -0.476 e. The van der Waals surface area contributed by atoms with Gasteiger partial charge in [-0.1, -0.05) is 19.1 Å². The molecule has 1 N–H and O–H groups in total. The molecule has 0 spiro atoms. The normalized spacial score (nSPS) is 22.8. The van der Waals surface area contributed by atoms with E-state index in [9.17, 15) is 9.59 Å². The van der Waals surface area contributed by atoms with E-state index in [-0.39, 0.29) is 23.6 Å². The van der Waals surface area contributed by atoms with Gasteiger partial charge in [-0.05, 0) is 24.7 Å². The van der Waals surface area contributed by atoms with Crippen LogP contribution in [0, 0.1) is 5.41 Å². The second-order valence-corrected chi connectivity index (χ2v) is 5.69. The number of piperidine rings is 1. The van der Waals surface area contributed by atoms with E-state index in [1.807, 2.05) is 4.90 Å². The summed E-state index contributed by atoms with van der Waals surface area (Å²) in [6, 6.07) is 0. The fourth-order valence-electron chi connectivity index (χ4n) is 2.53. The number of nitrogens with zero attached hydrogens (tertiary/aromatic N) is 4. The van der Waals surface area contributed by atoms with Crippen LogP contribution in [-0.4, -0.2) is 50.0 Å². The largest absolute Gasteiger partial charge is 0.476 e. The van der Waals surface area contributed by atoms with Crippen LogP contribution in [0.2, 0.25) is 0 Å². The molecule has 1 aromatic rings. The van der Waals surface area contributed by atoms with E-state index in [4.69, 9.17) is 5.11 Å². The molecule has 2 rings (SSSR count). The van der Waals surface area contributed by atoms with Crippen molar-refractivity contribution in [2.75, 3.05) is 13.1 Å². The fourth-order valence-corrected chi connectivity index (χ4v) is 2.53. The number of hydrogen-bond acceptors (Lipinski definition) is 4. The second-order valence-electron chi connectivity index (χ2n) is 5.69. The molecule has 110 valence electrons. The lowest BCUT2D eigenvalue weighted by Gasteiger charge is -2.40. The molecule has 1 aliphatic rings. The molecule has 20 heavy (non-hydrogen) atoms. The number of carboxylic acid groups (broad SMARTS) is 1. The molecule has 0 bridgehead atoms. The molecule has 1 unspecified atom stereocenters. The van der Waals surface area contributed by atoms with Crippen molar-refractivity contribution in [1.29, 1.82) is 0 Å². The maximum atomic E-state index is 12.2. The molecule has 0 radical (unpaired) electrons. The number of amides is 1. The van der Waals surface area contributed by atoms with Crippen molar-refractivity contribution in [2.24, 2.45) is 5.41 Å². The SMILES string of the molecule is CCC1(C)CCCN(C(=O)Cn2cc(C(=O)O)nn2)C1. The van der Waals surface area contributed by atoms with E-state index in [2.05, 4.69) is 24.2 Å². The van der Waals surface area contributed by atoms with Gasteiger partial charge in [-0.25, -0.2) is 9.48 Å². The van der Waals surface area contributed by atoms with Gasteiger partial charge < -0.3 is 10.0 Å². The first kappa shape index (κ1) is 14.5. The van der Waals surface area contributed by atoms with Gasteiger partial charge in [-0.15, -0.1) is 5.10 Å². The number of aromatic carboxylic acids is 1. The first-order chi connectivity index (χ1) is 9.43. The van der Waals surface area contributed by atoms with E-state index in [0.29, 0.717) is 0 Å². The molecule has 0 aliphatic carbocycles. The van der Waals surface area contributed by atoms with Crippen LogP contribution in [0.5, 0.6) is 0 Å². The molecule has 7 nitrogen and oxygen atoms in total.